The van der Waals surface area contributed by atoms with Gasteiger partial charge >= 0.3 is 6.01 Å². The van der Waals surface area contributed by atoms with Crippen LogP contribution in [0, 0.1) is 0 Å². The van der Waals surface area contributed by atoms with Crippen molar-refractivity contribution in [1.82, 2.24) is 15.0 Å². The lowest BCUT2D eigenvalue weighted by Gasteiger charge is -2.34. The first-order chi connectivity index (χ1) is 9.65. The minimum Gasteiger partial charge on any atom is -0.467 e. The first-order valence-corrected chi connectivity index (χ1v) is 7.05. The van der Waals surface area contributed by atoms with Crippen LogP contribution in [0.3, 0.4) is 0 Å². The number of hydrogen-bond donors (Lipinski definition) is 2. The van der Waals surface area contributed by atoms with Gasteiger partial charge in [-0.3, -0.25) is 0 Å². The molecule has 0 saturated carbocycles. The van der Waals surface area contributed by atoms with Gasteiger partial charge in [-0.15, -0.1) is 0 Å². The number of hydrogen-bond acceptors (Lipinski definition) is 7. The molecule has 1 fully saturated rings. The SMILES string of the molecule is CCCNc1nc(NC2(C)CCOCC2)nc(OC)n1. The fraction of sp³-hybridized carbons (Fsp3) is 0.769. The maximum Gasteiger partial charge on any atom is 0.322 e. The molecule has 7 nitrogen and oxygen atoms in total. The highest BCUT2D eigenvalue weighted by Gasteiger charge is 2.28. The van der Waals surface area contributed by atoms with Gasteiger partial charge in [-0.1, -0.05) is 6.92 Å². The molecule has 7 heteroatoms. The van der Waals surface area contributed by atoms with Crippen molar-refractivity contribution in [1.29, 1.82) is 0 Å². The summed E-state index contributed by atoms with van der Waals surface area (Å²) in [6, 6.07) is 0.316. The van der Waals surface area contributed by atoms with Gasteiger partial charge in [0.2, 0.25) is 11.9 Å². The zero-order valence-corrected chi connectivity index (χ0v) is 12.4. The summed E-state index contributed by atoms with van der Waals surface area (Å²) in [6.45, 7) is 6.58. The van der Waals surface area contributed by atoms with Crippen LogP contribution in [0.15, 0.2) is 0 Å². The topological polar surface area (TPSA) is 81.2 Å². The predicted molar refractivity (Wildman–Crippen MR) is 77.2 cm³/mol. The highest BCUT2D eigenvalue weighted by Crippen LogP contribution is 2.24. The fourth-order valence-corrected chi connectivity index (χ4v) is 2.04. The molecule has 1 aromatic rings. The second-order valence-electron chi connectivity index (χ2n) is 5.19. The second-order valence-corrected chi connectivity index (χ2v) is 5.19. The first kappa shape index (κ1) is 14.8. The van der Waals surface area contributed by atoms with Crippen LogP contribution in [0.1, 0.15) is 33.1 Å². The summed E-state index contributed by atoms with van der Waals surface area (Å²) in [6.07, 6.45) is 2.86. The fourth-order valence-electron chi connectivity index (χ4n) is 2.04. The summed E-state index contributed by atoms with van der Waals surface area (Å²) in [7, 11) is 1.55. The van der Waals surface area contributed by atoms with Gasteiger partial charge in [-0.05, 0) is 26.2 Å². The first-order valence-electron chi connectivity index (χ1n) is 7.05. The largest absolute Gasteiger partial charge is 0.467 e. The van der Waals surface area contributed by atoms with E-state index in [9.17, 15) is 0 Å². The molecule has 0 amide bonds. The van der Waals surface area contributed by atoms with Crippen molar-refractivity contribution in [2.45, 2.75) is 38.6 Å². The number of ether oxygens (including phenoxy) is 2. The van der Waals surface area contributed by atoms with Crippen LogP contribution in [0.4, 0.5) is 11.9 Å². The van der Waals surface area contributed by atoms with E-state index in [-0.39, 0.29) is 5.54 Å². The van der Waals surface area contributed by atoms with Crippen LogP contribution >= 0.6 is 0 Å². The number of rotatable bonds is 6. The van der Waals surface area contributed by atoms with E-state index in [0.29, 0.717) is 17.9 Å². The molecule has 2 N–H and O–H groups in total. The van der Waals surface area contributed by atoms with Crippen molar-refractivity contribution in [3.63, 3.8) is 0 Å². The molecule has 20 heavy (non-hydrogen) atoms. The summed E-state index contributed by atoms with van der Waals surface area (Å²) in [4.78, 5) is 12.8. The monoisotopic (exact) mass is 281 g/mol. The van der Waals surface area contributed by atoms with Crippen LogP contribution in [0.2, 0.25) is 0 Å². The average Bonchev–Trinajstić information content (AvgIpc) is 2.45. The molecule has 2 heterocycles. The Labute approximate surface area is 119 Å². The molecule has 1 saturated heterocycles. The Hall–Kier alpha value is -1.63. The van der Waals surface area contributed by atoms with E-state index in [4.69, 9.17) is 9.47 Å². The Morgan fingerprint density at radius 1 is 1.20 bits per heavy atom. The smallest absolute Gasteiger partial charge is 0.322 e. The number of anilines is 2. The van der Waals surface area contributed by atoms with E-state index in [1.165, 1.54) is 0 Å². The van der Waals surface area contributed by atoms with Gasteiger partial charge in [-0.2, -0.15) is 15.0 Å². The molecule has 1 aliphatic rings. The summed E-state index contributed by atoms with van der Waals surface area (Å²) >= 11 is 0. The lowest BCUT2D eigenvalue weighted by atomic mass is 9.93. The van der Waals surface area contributed by atoms with E-state index < -0.39 is 0 Å². The normalized spacial score (nSPS) is 17.6. The Bertz CT molecular complexity index is 435. The molecule has 0 bridgehead atoms. The van der Waals surface area contributed by atoms with E-state index in [0.717, 1.165) is 39.0 Å². The van der Waals surface area contributed by atoms with Gasteiger partial charge in [0.1, 0.15) is 0 Å². The number of nitrogens with zero attached hydrogens (tertiary/aromatic N) is 3. The zero-order valence-electron chi connectivity index (χ0n) is 12.4. The van der Waals surface area contributed by atoms with Crippen molar-refractivity contribution in [2.75, 3.05) is 37.5 Å². The summed E-state index contributed by atoms with van der Waals surface area (Å²) in [5, 5.41) is 6.54. The van der Waals surface area contributed by atoms with Crippen LogP contribution < -0.4 is 15.4 Å². The average molecular weight is 281 g/mol. The Morgan fingerprint density at radius 2 is 1.90 bits per heavy atom. The molecule has 0 radical (unpaired) electrons. The quantitative estimate of drug-likeness (QED) is 0.821. The van der Waals surface area contributed by atoms with Crippen molar-refractivity contribution in [2.24, 2.45) is 0 Å². The number of nitrogens with one attached hydrogen (secondary N) is 2. The summed E-state index contributed by atoms with van der Waals surface area (Å²) in [5.41, 5.74) is -0.0490. The Kier molecular flexibility index (Phi) is 4.94. The van der Waals surface area contributed by atoms with Crippen molar-refractivity contribution in [3.05, 3.63) is 0 Å². The molecular formula is C13H23N5O2. The van der Waals surface area contributed by atoms with Crippen molar-refractivity contribution < 1.29 is 9.47 Å². The van der Waals surface area contributed by atoms with Crippen LogP contribution in [-0.4, -0.2) is 47.4 Å². The lowest BCUT2D eigenvalue weighted by Crippen LogP contribution is -2.41. The molecule has 0 aliphatic carbocycles. The molecule has 0 unspecified atom stereocenters. The zero-order chi connectivity index (χ0) is 14.4. The lowest BCUT2D eigenvalue weighted by molar-refractivity contribution is 0.0655. The molecule has 0 atom stereocenters. The highest BCUT2D eigenvalue weighted by atomic mass is 16.5. The van der Waals surface area contributed by atoms with Gasteiger partial charge in [0.05, 0.1) is 7.11 Å². The minimum absolute atomic E-state index is 0.0490. The van der Waals surface area contributed by atoms with E-state index in [1.807, 2.05) is 0 Å². The third-order valence-electron chi connectivity index (χ3n) is 3.34. The molecule has 2 rings (SSSR count). The molecular weight excluding hydrogens is 258 g/mol. The molecule has 0 aromatic carbocycles. The maximum absolute atomic E-state index is 5.39. The predicted octanol–water partition coefficient (Wildman–Crippen LogP) is 1.68. The minimum atomic E-state index is -0.0490. The summed E-state index contributed by atoms with van der Waals surface area (Å²) < 4.78 is 10.5. The Balaban J connectivity index is 2.12. The van der Waals surface area contributed by atoms with E-state index in [2.05, 4.69) is 39.4 Å². The van der Waals surface area contributed by atoms with Gasteiger partial charge in [-0.25, -0.2) is 0 Å². The third-order valence-corrected chi connectivity index (χ3v) is 3.34. The number of aromatic nitrogens is 3. The van der Waals surface area contributed by atoms with Gasteiger partial charge in [0.15, 0.2) is 0 Å². The highest BCUT2D eigenvalue weighted by molar-refractivity contribution is 5.38. The van der Waals surface area contributed by atoms with E-state index in [1.54, 1.807) is 7.11 Å². The molecule has 112 valence electrons. The van der Waals surface area contributed by atoms with Crippen LogP contribution in [0.5, 0.6) is 6.01 Å². The Morgan fingerprint density at radius 3 is 2.55 bits per heavy atom. The molecule has 0 spiro atoms. The third kappa shape index (κ3) is 3.93. The molecule has 1 aliphatic heterocycles. The van der Waals surface area contributed by atoms with Gasteiger partial charge in [0.25, 0.3) is 0 Å². The standard InChI is InChI=1S/C13H23N5O2/c1-4-7-14-10-15-11(17-12(16-10)19-3)18-13(2)5-8-20-9-6-13/h4-9H2,1-3H3,(H2,14,15,16,17,18). The second kappa shape index (κ2) is 6.69. The van der Waals surface area contributed by atoms with Gasteiger partial charge in [0, 0.05) is 25.3 Å². The maximum atomic E-state index is 5.39. The number of methoxy groups -OCH3 is 1. The van der Waals surface area contributed by atoms with Gasteiger partial charge < -0.3 is 20.1 Å². The van der Waals surface area contributed by atoms with Crippen LogP contribution in [0.25, 0.3) is 0 Å². The van der Waals surface area contributed by atoms with E-state index >= 15 is 0 Å². The van der Waals surface area contributed by atoms with Crippen molar-refractivity contribution >= 4 is 11.9 Å². The molecule has 1 aromatic heterocycles. The van der Waals surface area contributed by atoms with Crippen molar-refractivity contribution in [3.8, 4) is 6.01 Å². The summed E-state index contributed by atoms with van der Waals surface area (Å²) in [5.74, 6) is 1.08. The van der Waals surface area contributed by atoms with Crippen LogP contribution in [-0.2, 0) is 4.74 Å².